The van der Waals surface area contributed by atoms with Crippen LogP contribution in [0.3, 0.4) is 0 Å². The van der Waals surface area contributed by atoms with Crippen LogP contribution in [0.15, 0.2) is 22.7 Å². The fourth-order valence-corrected chi connectivity index (χ4v) is 2.16. The van der Waals surface area contributed by atoms with E-state index < -0.39 is 5.92 Å². The summed E-state index contributed by atoms with van der Waals surface area (Å²) in [6.07, 6.45) is 0. The predicted molar refractivity (Wildman–Crippen MR) is 59.4 cm³/mol. The first kappa shape index (κ1) is 11.3. The van der Waals surface area contributed by atoms with Crippen LogP contribution in [0.25, 0.3) is 0 Å². The van der Waals surface area contributed by atoms with Crippen LogP contribution in [0.1, 0.15) is 5.56 Å². The van der Waals surface area contributed by atoms with Gasteiger partial charge in [-0.25, -0.2) is 8.78 Å². The van der Waals surface area contributed by atoms with Crippen molar-refractivity contribution in [2.24, 2.45) is 0 Å². The highest BCUT2D eigenvalue weighted by Gasteiger charge is 2.43. The summed E-state index contributed by atoms with van der Waals surface area (Å²) in [6, 6.07) is 5.47. The smallest absolute Gasteiger partial charge is 0.272 e. The summed E-state index contributed by atoms with van der Waals surface area (Å²) in [5.74, 6) is -2.50. The van der Waals surface area contributed by atoms with E-state index in [2.05, 4.69) is 15.9 Å². The lowest BCUT2D eigenvalue weighted by atomic mass is 10.1. The molecule has 1 saturated heterocycles. The summed E-state index contributed by atoms with van der Waals surface area (Å²) in [4.78, 5) is 1.70. The number of halogens is 4. The molecule has 0 saturated carbocycles. The molecule has 5 heteroatoms. The van der Waals surface area contributed by atoms with Gasteiger partial charge >= 0.3 is 0 Å². The number of nitrogens with zero attached hydrogens (tertiary/aromatic N) is 1. The topological polar surface area (TPSA) is 3.24 Å². The van der Waals surface area contributed by atoms with Crippen LogP contribution >= 0.6 is 27.5 Å². The first-order valence-electron chi connectivity index (χ1n) is 4.50. The van der Waals surface area contributed by atoms with E-state index in [4.69, 9.17) is 11.6 Å². The molecule has 1 aliphatic rings. The fourth-order valence-electron chi connectivity index (χ4n) is 1.62. The van der Waals surface area contributed by atoms with E-state index in [9.17, 15) is 8.78 Å². The molecular weight excluding hydrogens is 287 g/mol. The molecule has 0 aromatic heterocycles. The van der Waals surface area contributed by atoms with Crippen LogP contribution in [0, 0.1) is 0 Å². The van der Waals surface area contributed by atoms with Crippen LogP contribution in [0.4, 0.5) is 8.78 Å². The van der Waals surface area contributed by atoms with Gasteiger partial charge in [0, 0.05) is 11.0 Å². The quantitative estimate of drug-likeness (QED) is 0.807. The van der Waals surface area contributed by atoms with E-state index in [1.165, 1.54) is 0 Å². The molecule has 0 N–H and O–H groups in total. The zero-order chi connectivity index (χ0) is 11.1. The Bertz CT molecular complexity index is 376. The Kier molecular flexibility index (Phi) is 3.01. The zero-order valence-corrected chi connectivity index (χ0v) is 10.2. The van der Waals surface area contributed by atoms with Gasteiger partial charge in [0.15, 0.2) is 0 Å². The molecule has 0 unspecified atom stereocenters. The van der Waals surface area contributed by atoms with E-state index in [1.54, 1.807) is 11.0 Å². The van der Waals surface area contributed by atoms with Crippen molar-refractivity contribution in [3.8, 4) is 0 Å². The minimum Gasteiger partial charge on any atom is -0.287 e. The number of rotatable bonds is 2. The van der Waals surface area contributed by atoms with Gasteiger partial charge in [0.05, 0.1) is 18.1 Å². The molecule has 0 radical (unpaired) electrons. The van der Waals surface area contributed by atoms with Crippen molar-refractivity contribution in [2.75, 3.05) is 13.1 Å². The SMILES string of the molecule is FC1(F)CN(Cc2ccc(Cl)c(Br)c2)C1. The molecule has 0 bridgehead atoms. The minimum absolute atomic E-state index is 0.146. The van der Waals surface area contributed by atoms with Crippen LogP contribution in [0.5, 0.6) is 0 Å². The molecule has 0 atom stereocenters. The van der Waals surface area contributed by atoms with Gasteiger partial charge < -0.3 is 0 Å². The van der Waals surface area contributed by atoms with Crippen LogP contribution < -0.4 is 0 Å². The van der Waals surface area contributed by atoms with Gasteiger partial charge in [-0.15, -0.1) is 0 Å². The molecule has 82 valence electrons. The normalized spacial score (nSPS) is 20.0. The van der Waals surface area contributed by atoms with Crippen LogP contribution in [-0.2, 0) is 6.54 Å². The number of alkyl halides is 2. The molecule has 1 heterocycles. The Morgan fingerprint density at radius 2 is 2.07 bits per heavy atom. The minimum atomic E-state index is -2.50. The number of hydrogen-bond donors (Lipinski definition) is 0. The maximum absolute atomic E-state index is 12.6. The van der Waals surface area contributed by atoms with E-state index in [0.717, 1.165) is 10.0 Å². The van der Waals surface area contributed by atoms with E-state index in [-0.39, 0.29) is 13.1 Å². The lowest BCUT2D eigenvalue weighted by molar-refractivity contribution is -0.133. The first-order chi connectivity index (χ1) is 6.96. The second kappa shape index (κ2) is 4.00. The molecule has 0 amide bonds. The summed E-state index contributed by atoms with van der Waals surface area (Å²) < 4.78 is 25.9. The highest BCUT2D eigenvalue weighted by molar-refractivity contribution is 9.10. The van der Waals surface area contributed by atoms with E-state index >= 15 is 0 Å². The Morgan fingerprint density at radius 1 is 1.40 bits per heavy atom. The molecule has 2 rings (SSSR count). The summed E-state index contributed by atoms with van der Waals surface area (Å²) in [5, 5.41) is 0.632. The molecule has 1 aromatic carbocycles. The number of likely N-dealkylation sites (tertiary alicyclic amines) is 1. The Labute approximate surface area is 100 Å². The van der Waals surface area contributed by atoms with Crippen molar-refractivity contribution >= 4 is 27.5 Å². The van der Waals surface area contributed by atoms with Gasteiger partial charge in [-0.2, -0.15) is 0 Å². The molecule has 0 aliphatic carbocycles. The van der Waals surface area contributed by atoms with Crippen LogP contribution in [0.2, 0.25) is 5.02 Å². The van der Waals surface area contributed by atoms with Crippen molar-refractivity contribution in [3.05, 3.63) is 33.3 Å². The summed E-state index contributed by atoms with van der Waals surface area (Å²) >= 11 is 9.13. The van der Waals surface area contributed by atoms with E-state index in [0.29, 0.717) is 11.6 Å². The third-order valence-electron chi connectivity index (χ3n) is 2.30. The van der Waals surface area contributed by atoms with Crippen molar-refractivity contribution in [1.29, 1.82) is 0 Å². The molecule has 0 spiro atoms. The molecule has 15 heavy (non-hydrogen) atoms. The lowest BCUT2D eigenvalue weighted by Crippen LogP contribution is -2.55. The third kappa shape index (κ3) is 2.68. The van der Waals surface area contributed by atoms with Gasteiger partial charge in [0.25, 0.3) is 5.92 Å². The maximum Gasteiger partial charge on any atom is 0.272 e. The second-order valence-corrected chi connectivity index (χ2v) is 5.01. The third-order valence-corrected chi connectivity index (χ3v) is 3.51. The van der Waals surface area contributed by atoms with Gasteiger partial charge in [-0.05, 0) is 33.6 Å². The van der Waals surface area contributed by atoms with Crippen molar-refractivity contribution in [3.63, 3.8) is 0 Å². The zero-order valence-electron chi connectivity index (χ0n) is 7.81. The van der Waals surface area contributed by atoms with Gasteiger partial charge in [-0.3, -0.25) is 4.90 Å². The lowest BCUT2D eigenvalue weighted by Gasteiger charge is -2.38. The first-order valence-corrected chi connectivity index (χ1v) is 5.67. The largest absolute Gasteiger partial charge is 0.287 e. The van der Waals surface area contributed by atoms with Crippen molar-refractivity contribution in [2.45, 2.75) is 12.5 Å². The van der Waals surface area contributed by atoms with Crippen molar-refractivity contribution in [1.82, 2.24) is 4.90 Å². The number of hydrogen-bond acceptors (Lipinski definition) is 1. The molecule has 1 aliphatic heterocycles. The average Bonchev–Trinajstić information content (AvgIpc) is 2.08. The highest BCUT2D eigenvalue weighted by atomic mass is 79.9. The maximum atomic E-state index is 12.6. The standard InChI is InChI=1S/C10H9BrClF2N/c11-8-3-7(1-2-9(8)12)4-15-5-10(13,14)6-15/h1-3H,4-6H2. The summed E-state index contributed by atoms with van der Waals surface area (Å²) in [7, 11) is 0. The molecular formula is C10H9BrClF2N. The Morgan fingerprint density at radius 3 is 2.60 bits per heavy atom. The highest BCUT2D eigenvalue weighted by Crippen LogP contribution is 2.29. The molecule has 1 fully saturated rings. The number of benzene rings is 1. The monoisotopic (exact) mass is 295 g/mol. The fraction of sp³-hybridized carbons (Fsp3) is 0.400. The Balaban J connectivity index is 1.98. The average molecular weight is 297 g/mol. The molecule has 1 nitrogen and oxygen atoms in total. The predicted octanol–water partition coefficient (Wildman–Crippen LogP) is 3.55. The Hall–Kier alpha value is -0.190. The van der Waals surface area contributed by atoms with E-state index in [1.807, 2.05) is 12.1 Å². The second-order valence-electron chi connectivity index (χ2n) is 3.75. The summed E-state index contributed by atoms with van der Waals surface area (Å²) in [6.45, 7) is 0.256. The van der Waals surface area contributed by atoms with Crippen LogP contribution in [-0.4, -0.2) is 23.9 Å². The van der Waals surface area contributed by atoms with Gasteiger partial charge in [-0.1, -0.05) is 17.7 Å². The van der Waals surface area contributed by atoms with Gasteiger partial charge in [0.2, 0.25) is 0 Å². The summed E-state index contributed by atoms with van der Waals surface area (Å²) in [5.41, 5.74) is 0.988. The van der Waals surface area contributed by atoms with Crippen molar-refractivity contribution < 1.29 is 8.78 Å². The van der Waals surface area contributed by atoms with Gasteiger partial charge in [0.1, 0.15) is 0 Å². The molecule has 1 aromatic rings.